The van der Waals surface area contributed by atoms with Crippen LogP contribution < -0.4 is 0 Å². The molecule has 0 saturated carbocycles. The predicted molar refractivity (Wildman–Crippen MR) is 92.5 cm³/mol. The Hall–Kier alpha value is 0.314. The normalized spacial score (nSPS) is 18.1. The standard InChI is InChI=1S/C15H36O3Si2/c1-7-8-9-10-11-13(16)12(2)15(3,4)14(17-19-5)18-20-6/h12-14,16H,7-11,19-20H2,1-6H3/t12-,13+/m1/s1. The smallest absolute Gasteiger partial charge is 0.161 e. The van der Waals surface area contributed by atoms with E-state index in [-0.39, 0.29) is 23.7 Å². The van der Waals surface area contributed by atoms with Crippen molar-refractivity contribution in [3.8, 4) is 0 Å². The summed E-state index contributed by atoms with van der Waals surface area (Å²) in [5, 5.41) is 10.4. The van der Waals surface area contributed by atoms with Gasteiger partial charge < -0.3 is 14.0 Å². The highest BCUT2D eigenvalue weighted by Crippen LogP contribution is 2.36. The Morgan fingerprint density at radius 1 is 1.05 bits per heavy atom. The number of aliphatic hydroxyl groups is 1. The first-order chi connectivity index (χ1) is 9.41. The molecule has 0 aromatic heterocycles. The van der Waals surface area contributed by atoms with Gasteiger partial charge in [-0.05, 0) is 12.3 Å². The maximum Gasteiger partial charge on any atom is 0.161 e. The van der Waals surface area contributed by atoms with Crippen molar-refractivity contribution in [2.45, 2.75) is 85.3 Å². The van der Waals surface area contributed by atoms with Crippen LogP contribution in [0.2, 0.25) is 13.1 Å². The molecule has 0 unspecified atom stereocenters. The molecule has 0 aromatic rings. The third-order valence-electron chi connectivity index (χ3n) is 4.35. The van der Waals surface area contributed by atoms with Gasteiger partial charge in [0.2, 0.25) is 0 Å². The number of hydrogen-bond donors (Lipinski definition) is 1. The molecule has 0 aromatic carbocycles. The van der Waals surface area contributed by atoms with Crippen LogP contribution in [0.5, 0.6) is 0 Å². The van der Waals surface area contributed by atoms with Crippen molar-refractivity contribution in [1.82, 2.24) is 0 Å². The molecular formula is C15H36O3Si2. The van der Waals surface area contributed by atoms with E-state index in [9.17, 15) is 5.11 Å². The topological polar surface area (TPSA) is 38.7 Å². The van der Waals surface area contributed by atoms with E-state index in [1.807, 2.05) is 0 Å². The quantitative estimate of drug-likeness (QED) is 0.341. The van der Waals surface area contributed by atoms with Gasteiger partial charge in [-0.15, -0.1) is 0 Å². The lowest BCUT2D eigenvalue weighted by molar-refractivity contribution is -0.124. The summed E-state index contributed by atoms with van der Waals surface area (Å²) in [5.41, 5.74) is -0.129. The summed E-state index contributed by atoms with van der Waals surface area (Å²) in [4.78, 5) is 0. The summed E-state index contributed by atoms with van der Waals surface area (Å²) in [6, 6.07) is 0. The van der Waals surface area contributed by atoms with Gasteiger partial charge in [-0.25, -0.2) is 0 Å². The molecule has 1 N–H and O–H groups in total. The summed E-state index contributed by atoms with van der Waals surface area (Å²) >= 11 is 0. The van der Waals surface area contributed by atoms with Gasteiger partial charge in [0.1, 0.15) is 6.29 Å². The molecule has 0 bridgehead atoms. The van der Waals surface area contributed by atoms with Gasteiger partial charge in [-0.2, -0.15) is 0 Å². The fourth-order valence-corrected chi connectivity index (χ4v) is 4.37. The van der Waals surface area contributed by atoms with Crippen LogP contribution in [0.15, 0.2) is 0 Å². The van der Waals surface area contributed by atoms with Crippen LogP contribution >= 0.6 is 0 Å². The van der Waals surface area contributed by atoms with Gasteiger partial charge in [0.05, 0.1) is 6.10 Å². The summed E-state index contributed by atoms with van der Waals surface area (Å²) in [6.07, 6.45) is 5.36. The summed E-state index contributed by atoms with van der Waals surface area (Å²) in [6.45, 7) is 13.0. The largest absolute Gasteiger partial charge is 0.400 e. The highest BCUT2D eigenvalue weighted by atomic mass is 28.2. The van der Waals surface area contributed by atoms with Gasteiger partial charge >= 0.3 is 0 Å². The molecule has 0 aliphatic carbocycles. The van der Waals surface area contributed by atoms with E-state index in [4.69, 9.17) is 8.85 Å². The van der Waals surface area contributed by atoms with Crippen LogP contribution in [0, 0.1) is 11.3 Å². The maximum atomic E-state index is 10.4. The van der Waals surface area contributed by atoms with Crippen LogP contribution in [0.3, 0.4) is 0 Å². The number of rotatable bonds is 12. The average molecular weight is 321 g/mol. The zero-order chi connectivity index (χ0) is 15.6. The van der Waals surface area contributed by atoms with E-state index in [0.717, 1.165) is 12.8 Å². The molecule has 5 heteroatoms. The molecule has 0 saturated heterocycles. The Bertz CT molecular complexity index is 231. The average Bonchev–Trinajstić information content (AvgIpc) is 2.42. The monoisotopic (exact) mass is 320 g/mol. The number of unbranched alkanes of at least 4 members (excludes halogenated alkanes) is 3. The van der Waals surface area contributed by atoms with Crippen LogP contribution in [-0.2, 0) is 8.85 Å². The molecule has 0 spiro atoms. The van der Waals surface area contributed by atoms with E-state index < -0.39 is 19.5 Å². The van der Waals surface area contributed by atoms with Crippen molar-refractivity contribution >= 4 is 19.5 Å². The van der Waals surface area contributed by atoms with Gasteiger partial charge in [-0.3, -0.25) is 0 Å². The summed E-state index contributed by atoms with van der Waals surface area (Å²) in [7, 11) is -0.995. The zero-order valence-electron chi connectivity index (χ0n) is 14.4. The van der Waals surface area contributed by atoms with E-state index in [0.29, 0.717) is 0 Å². The molecular weight excluding hydrogens is 284 g/mol. The molecule has 0 heterocycles. The van der Waals surface area contributed by atoms with Gasteiger partial charge in [0.15, 0.2) is 19.5 Å². The minimum absolute atomic E-state index is 0.129. The zero-order valence-corrected chi connectivity index (χ0v) is 17.3. The van der Waals surface area contributed by atoms with E-state index in [2.05, 4.69) is 40.8 Å². The van der Waals surface area contributed by atoms with Gasteiger partial charge in [0.25, 0.3) is 0 Å². The highest BCUT2D eigenvalue weighted by Gasteiger charge is 2.38. The molecule has 0 amide bonds. The lowest BCUT2D eigenvalue weighted by Gasteiger charge is -2.41. The van der Waals surface area contributed by atoms with Crippen molar-refractivity contribution in [3.63, 3.8) is 0 Å². The Labute approximate surface area is 130 Å². The van der Waals surface area contributed by atoms with Crippen LogP contribution in [-0.4, -0.2) is 37.0 Å². The van der Waals surface area contributed by atoms with Gasteiger partial charge in [-0.1, -0.05) is 66.5 Å². The van der Waals surface area contributed by atoms with Crippen molar-refractivity contribution in [2.24, 2.45) is 11.3 Å². The van der Waals surface area contributed by atoms with Crippen molar-refractivity contribution in [1.29, 1.82) is 0 Å². The second-order valence-corrected chi connectivity index (χ2v) is 8.09. The second-order valence-electron chi connectivity index (χ2n) is 6.27. The third kappa shape index (κ3) is 6.85. The first-order valence-corrected chi connectivity index (χ1v) is 12.3. The van der Waals surface area contributed by atoms with E-state index >= 15 is 0 Å². The molecule has 122 valence electrons. The molecule has 0 aliphatic heterocycles. The minimum atomic E-state index is -0.497. The van der Waals surface area contributed by atoms with Gasteiger partial charge in [0, 0.05) is 5.41 Å². The van der Waals surface area contributed by atoms with Crippen molar-refractivity contribution in [3.05, 3.63) is 0 Å². The van der Waals surface area contributed by atoms with Crippen LogP contribution in [0.1, 0.15) is 59.8 Å². The van der Waals surface area contributed by atoms with Crippen LogP contribution in [0.25, 0.3) is 0 Å². The van der Waals surface area contributed by atoms with E-state index in [1.54, 1.807) is 0 Å². The molecule has 0 fully saturated rings. The molecule has 2 atom stereocenters. The minimum Gasteiger partial charge on any atom is -0.400 e. The van der Waals surface area contributed by atoms with Crippen LogP contribution in [0.4, 0.5) is 0 Å². The molecule has 3 nitrogen and oxygen atoms in total. The summed E-state index contributed by atoms with van der Waals surface area (Å²) < 4.78 is 11.8. The maximum absolute atomic E-state index is 10.4. The lowest BCUT2D eigenvalue weighted by atomic mass is 9.75. The van der Waals surface area contributed by atoms with Crippen molar-refractivity contribution in [2.75, 3.05) is 0 Å². The third-order valence-corrected chi connectivity index (χ3v) is 5.62. The number of aliphatic hydroxyl groups excluding tert-OH is 1. The fraction of sp³-hybridized carbons (Fsp3) is 1.00. The second kappa shape index (κ2) is 11.0. The number of hydrogen-bond acceptors (Lipinski definition) is 3. The van der Waals surface area contributed by atoms with E-state index in [1.165, 1.54) is 19.3 Å². The Morgan fingerprint density at radius 3 is 2.05 bits per heavy atom. The molecule has 0 radical (unpaired) electrons. The Morgan fingerprint density at radius 2 is 1.60 bits per heavy atom. The molecule has 20 heavy (non-hydrogen) atoms. The predicted octanol–water partition coefficient (Wildman–Crippen LogP) is 2.60. The first kappa shape index (κ1) is 20.3. The molecule has 0 rings (SSSR count). The first-order valence-electron chi connectivity index (χ1n) is 8.32. The highest BCUT2D eigenvalue weighted by molar-refractivity contribution is 6.26. The SMILES string of the molecule is CCCCCC[C@H](O)[C@@H](C)C(C)(C)C(O[SiH2]C)O[SiH2]C. The van der Waals surface area contributed by atoms with Crippen molar-refractivity contribution < 1.29 is 14.0 Å². The summed E-state index contributed by atoms with van der Waals surface area (Å²) in [5.74, 6) is 0.190. The lowest BCUT2D eigenvalue weighted by Crippen LogP contribution is -2.44. The Balaban J connectivity index is 4.46. The Kier molecular flexibility index (Phi) is 11.1. The molecule has 0 aliphatic rings. The fourth-order valence-electron chi connectivity index (χ4n) is 2.52.